The average Bonchev–Trinajstić information content (AvgIpc) is 2.54. The molecule has 2 rings (SSSR count). The van der Waals surface area contributed by atoms with Gasteiger partial charge in [-0.2, -0.15) is 0 Å². The van der Waals surface area contributed by atoms with Crippen molar-refractivity contribution in [1.82, 2.24) is 5.32 Å². The molecular weight excluding hydrogens is 272 g/mol. The third kappa shape index (κ3) is 4.17. The van der Waals surface area contributed by atoms with Gasteiger partial charge in [0.15, 0.2) is 0 Å². The number of nitrogens with one attached hydrogen (secondary N) is 1. The van der Waals surface area contributed by atoms with Crippen molar-refractivity contribution in [2.75, 3.05) is 38.2 Å². The van der Waals surface area contributed by atoms with Crippen LogP contribution in [0.15, 0.2) is 24.3 Å². The highest BCUT2D eigenvalue weighted by atomic mass is 16.5. The molecule has 1 aliphatic rings. The van der Waals surface area contributed by atoms with Crippen LogP contribution in [0.2, 0.25) is 0 Å². The fourth-order valence-electron chi connectivity index (χ4n) is 2.42. The van der Waals surface area contributed by atoms with E-state index < -0.39 is 18.2 Å². The SMILES string of the molecule is COC(=O)CC(O)C(O)c1cccc(N2CCNCC2)c1. The minimum Gasteiger partial charge on any atom is -0.469 e. The van der Waals surface area contributed by atoms with Crippen LogP contribution in [0.3, 0.4) is 0 Å². The molecule has 1 aliphatic heterocycles. The van der Waals surface area contributed by atoms with Crippen molar-refractivity contribution in [3.05, 3.63) is 29.8 Å². The van der Waals surface area contributed by atoms with Gasteiger partial charge in [0.05, 0.1) is 19.6 Å². The Hall–Kier alpha value is -1.63. The average molecular weight is 294 g/mol. The summed E-state index contributed by atoms with van der Waals surface area (Å²) in [7, 11) is 1.26. The van der Waals surface area contributed by atoms with Crippen LogP contribution in [0.4, 0.5) is 5.69 Å². The van der Waals surface area contributed by atoms with Crippen LogP contribution < -0.4 is 10.2 Å². The highest BCUT2D eigenvalue weighted by Crippen LogP contribution is 2.24. The largest absolute Gasteiger partial charge is 0.469 e. The number of nitrogens with zero attached hydrogens (tertiary/aromatic N) is 1. The van der Waals surface area contributed by atoms with E-state index in [0.717, 1.165) is 31.9 Å². The number of hydrogen-bond donors (Lipinski definition) is 3. The molecule has 0 saturated carbocycles. The fraction of sp³-hybridized carbons (Fsp3) is 0.533. The summed E-state index contributed by atoms with van der Waals surface area (Å²) in [6, 6.07) is 7.43. The van der Waals surface area contributed by atoms with E-state index in [1.54, 1.807) is 6.07 Å². The first kappa shape index (κ1) is 15.8. The van der Waals surface area contributed by atoms with Crippen LogP contribution in [0.1, 0.15) is 18.1 Å². The number of aliphatic hydroxyl groups excluding tert-OH is 2. The van der Waals surface area contributed by atoms with Crippen molar-refractivity contribution in [2.24, 2.45) is 0 Å². The van der Waals surface area contributed by atoms with Crippen molar-refractivity contribution in [1.29, 1.82) is 0 Å². The number of hydrogen-bond acceptors (Lipinski definition) is 6. The predicted molar refractivity (Wildman–Crippen MR) is 79.1 cm³/mol. The van der Waals surface area contributed by atoms with Gasteiger partial charge in [-0.05, 0) is 17.7 Å². The molecule has 1 aromatic carbocycles. The Labute approximate surface area is 124 Å². The lowest BCUT2D eigenvalue weighted by Gasteiger charge is -2.30. The highest BCUT2D eigenvalue weighted by molar-refractivity contribution is 5.69. The smallest absolute Gasteiger partial charge is 0.308 e. The van der Waals surface area contributed by atoms with E-state index in [2.05, 4.69) is 15.0 Å². The Balaban J connectivity index is 2.06. The summed E-state index contributed by atoms with van der Waals surface area (Å²) in [5.74, 6) is -0.542. The summed E-state index contributed by atoms with van der Waals surface area (Å²) < 4.78 is 4.50. The number of carbonyl (C=O) groups is 1. The third-order valence-electron chi connectivity index (χ3n) is 3.66. The summed E-state index contributed by atoms with van der Waals surface area (Å²) in [5.41, 5.74) is 1.61. The minimum atomic E-state index is -1.17. The number of carbonyl (C=O) groups excluding carboxylic acids is 1. The first-order valence-electron chi connectivity index (χ1n) is 7.10. The van der Waals surface area contributed by atoms with Crippen LogP contribution in [-0.4, -0.2) is 55.6 Å². The molecule has 0 radical (unpaired) electrons. The summed E-state index contributed by atoms with van der Waals surface area (Å²) in [5, 5.41) is 23.4. The maximum Gasteiger partial charge on any atom is 0.308 e. The van der Waals surface area contributed by atoms with E-state index in [9.17, 15) is 15.0 Å². The van der Waals surface area contributed by atoms with Crippen molar-refractivity contribution in [3.63, 3.8) is 0 Å². The second-order valence-corrected chi connectivity index (χ2v) is 5.12. The number of aliphatic hydroxyl groups is 2. The molecule has 0 aliphatic carbocycles. The van der Waals surface area contributed by atoms with Gasteiger partial charge in [-0.3, -0.25) is 4.79 Å². The maximum atomic E-state index is 11.2. The Morgan fingerprint density at radius 2 is 2.10 bits per heavy atom. The molecule has 1 heterocycles. The van der Waals surface area contributed by atoms with Gasteiger partial charge >= 0.3 is 5.97 Å². The molecule has 1 aromatic rings. The van der Waals surface area contributed by atoms with Gasteiger partial charge in [0.25, 0.3) is 0 Å². The molecule has 1 saturated heterocycles. The van der Waals surface area contributed by atoms with E-state index in [-0.39, 0.29) is 6.42 Å². The van der Waals surface area contributed by atoms with Crippen LogP contribution in [0, 0.1) is 0 Å². The van der Waals surface area contributed by atoms with Gasteiger partial charge in [0.2, 0.25) is 0 Å². The summed E-state index contributed by atoms with van der Waals surface area (Å²) in [6.07, 6.45) is -2.50. The third-order valence-corrected chi connectivity index (χ3v) is 3.66. The number of benzene rings is 1. The van der Waals surface area contributed by atoms with Gasteiger partial charge in [0.1, 0.15) is 6.10 Å². The minimum absolute atomic E-state index is 0.227. The number of esters is 1. The Kier molecular flexibility index (Phi) is 5.55. The molecular formula is C15H22N2O4. The van der Waals surface area contributed by atoms with Crippen LogP contribution >= 0.6 is 0 Å². The van der Waals surface area contributed by atoms with Crippen LogP contribution in [0.5, 0.6) is 0 Å². The summed E-state index contributed by atoms with van der Waals surface area (Å²) in [4.78, 5) is 13.4. The second-order valence-electron chi connectivity index (χ2n) is 5.12. The lowest BCUT2D eigenvalue weighted by Crippen LogP contribution is -2.43. The first-order chi connectivity index (χ1) is 10.1. The zero-order chi connectivity index (χ0) is 15.2. The predicted octanol–water partition coefficient (Wildman–Crippen LogP) is 0.0536. The standard InChI is InChI=1S/C15H22N2O4/c1-21-14(19)10-13(18)15(20)11-3-2-4-12(9-11)17-7-5-16-6-8-17/h2-4,9,13,15-16,18,20H,5-8,10H2,1H3. The number of methoxy groups -OCH3 is 1. The molecule has 116 valence electrons. The molecule has 0 amide bonds. The zero-order valence-corrected chi connectivity index (χ0v) is 12.2. The molecule has 0 spiro atoms. The second kappa shape index (κ2) is 7.40. The molecule has 6 nitrogen and oxygen atoms in total. The molecule has 1 fully saturated rings. The summed E-state index contributed by atoms with van der Waals surface area (Å²) in [6.45, 7) is 3.67. The molecule has 6 heteroatoms. The van der Waals surface area contributed by atoms with Crippen LogP contribution in [-0.2, 0) is 9.53 Å². The number of anilines is 1. The highest BCUT2D eigenvalue weighted by Gasteiger charge is 2.22. The monoisotopic (exact) mass is 294 g/mol. The van der Waals surface area contributed by atoms with E-state index >= 15 is 0 Å². The maximum absolute atomic E-state index is 11.2. The van der Waals surface area contributed by atoms with Crippen molar-refractivity contribution in [2.45, 2.75) is 18.6 Å². The van der Waals surface area contributed by atoms with E-state index in [1.165, 1.54) is 7.11 Å². The van der Waals surface area contributed by atoms with Crippen molar-refractivity contribution in [3.8, 4) is 0 Å². The van der Waals surface area contributed by atoms with Gasteiger partial charge in [0, 0.05) is 31.9 Å². The quantitative estimate of drug-likeness (QED) is 0.666. The van der Waals surface area contributed by atoms with Gasteiger partial charge in [-0.25, -0.2) is 0 Å². The van der Waals surface area contributed by atoms with Crippen LogP contribution in [0.25, 0.3) is 0 Å². The molecule has 2 atom stereocenters. The van der Waals surface area contributed by atoms with E-state index in [0.29, 0.717) is 5.56 Å². The van der Waals surface area contributed by atoms with Gasteiger partial charge in [-0.15, -0.1) is 0 Å². The number of rotatable bonds is 5. The van der Waals surface area contributed by atoms with Crippen molar-refractivity contribution < 1.29 is 19.7 Å². The van der Waals surface area contributed by atoms with Gasteiger partial charge < -0.3 is 25.2 Å². The van der Waals surface area contributed by atoms with E-state index in [1.807, 2.05) is 18.2 Å². The molecule has 2 unspecified atom stereocenters. The molecule has 0 bridgehead atoms. The number of ether oxygens (including phenoxy) is 1. The molecule has 0 aromatic heterocycles. The lowest BCUT2D eigenvalue weighted by molar-refractivity contribution is -0.144. The number of piperazine rings is 1. The zero-order valence-electron chi connectivity index (χ0n) is 12.2. The lowest BCUT2D eigenvalue weighted by atomic mass is 10.0. The molecule has 3 N–H and O–H groups in total. The normalized spacial score (nSPS) is 18.1. The van der Waals surface area contributed by atoms with Gasteiger partial charge in [-0.1, -0.05) is 12.1 Å². The summed E-state index contributed by atoms with van der Waals surface area (Å²) >= 11 is 0. The Morgan fingerprint density at radius 3 is 2.76 bits per heavy atom. The fourth-order valence-corrected chi connectivity index (χ4v) is 2.42. The van der Waals surface area contributed by atoms with Crippen molar-refractivity contribution >= 4 is 11.7 Å². The first-order valence-corrected chi connectivity index (χ1v) is 7.10. The topological polar surface area (TPSA) is 82.0 Å². The molecule has 21 heavy (non-hydrogen) atoms. The Bertz CT molecular complexity index is 474. The Morgan fingerprint density at radius 1 is 1.38 bits per heavy atom. The van der Waals surface area contributed by atoms with E-state index in [4.69, 9.17) is 0 Å².